The van der Waals surface area contributed by atoms with E-state index < -0.39 is 0 Å². The summed E-state index contributed by atoms with van der Waals surface area (Å²) in [6, 6.07) is 14.5. The van der Waals surface area contributed by atoms with Gasteiger partial charge in [0.1, 0.15) is 11.6 Å². The Balaban J connectivity index is 1.29. The maximum absolute atomic E-state index is 13.8. The van der Waals surface area contributed by atoms with Crippen molar-refractivity contribution >= 4 is 28.3 Å². The number of carbonyl (C=O) groups is 1. The van der Waals surface area contributed by atoms with Gasteiger partial charge in [-0.05, 0) is 97.4 Å². The molecule has 0 amide bonds. The summed E-state index contributed by atoms with van der Waals surface area (Å²) in [4.78, 5) is 17.4. The minimum atomic E-state index is -0.212. The molecule has 1 aromatic heterocycles. The van der Waals surface area contributed by atoms with Crippen molar-refractivity contribution in [2.45, 2.75) is 50.9 Å². The Bertz CT molecular complexity index is 1090. The topological polar surface area (TPSA) is 30.0 Å². The number of fused-ring (bicyclic) bond motifs is 1. The van der Waals surface area contributed by atoms with E-state index >= 15 is 0 Å². The Labute approximate surface area is 181 Å². The van der Waals surface area contributed by atoms with Crippen molar-refractivity contribution in [1.82, 2.24) is 4.98 Å². The molecule has 2 aromatic carbocycles. The quantitative estimate of drug-likeness (QED) is 0.459. The zero-order valence-electron chi connectivity index (χ0n) is 16.9. The molecule has 3 aromatic rings. The lowest BCUT2D eigenvalue weighted by atomic mass is 9.51. The molecule has 5 rings (SSSR count). The van der Waals surface area contributed by atoms with Crippen LogP contribution in [0, 0.1) is 17.2 Å². The van der Waals surface area contributed by atoms with Gasteiger partial charge >= 0.3 is 0 Å². The molecule has 2 saturated carbocycles. The van der Waals surface area contributed by atoms with Crippen LogP contribution in [0.1, 0.15) is 55.6 Å². The van der Waals surface area contributed by atoms with E-state index in [9.17, 15) is 9.18 Å². The molecule has 2 fully saturated rings. The first kappa shape index (κ1) is 19.7. The van der Waals surface area contributed by atoms with Crippen LogP contribution in [0.15, 0.2) is 54.7 Å². The number of Topliss-reactive ketones (excluding diaryl/α,β-unsaturated/α-hetero) is 1. The number of ketones is 1. The number of rotatable bonds is 4. The Morgan fingerprint density at radius 1 is 1.03 bits per heavy atom. The number of halogens is 2. The maximum atomic E-state index is 13.8. The molecule has 2 nitrogen and oxygen atoms in total. The van der Waals surface area contributed by atoms with Gasteiger partial charge in [0.05, 0.1) is 5.52 Å². The molecule has 0 aliphatic heterocycles. The van der Waals surface area contributed by atoms with Crippen LogP contribution in [0.4, 0.5) is 4.39 Å². The van der Waals surface area contributed by atoms with Gasteiger partial charge < -0.3 is 0 Å². The molecule has 1 heterocycles. The average molecular weight is 422 g/mol. The molecular weight excluding hydrogens is 397 g/mol. The van der Waals surface area contributed by atoms with Crippen LogP contribution in [0.5, 0.6) is 0 Å². The first-order chi connectivity index (χ1) is 14.5. The molecule has 0 bridgehead atoms. The lowest BCUT2D eigenvalue weighted by molar-refractivity contribution is -0.136. The van der Waals surface area contributed by atoms with E-state index in [2.05, 4.69) is 4.98 Å². The van der Waals surface area contributed by atoms with Gasteiger partial charge in [-0.25, -0.2) is 4.39 Å². The summed E-state index contributed by atoms with van der Waals surface area (Å²) in [6.45, 7) is 0. The molecule has 1 atom stereocenters. The number of nitrogens with zero attached hydrogens (tertiary/aromatic N) is 1. The fourth-order valence-electron chi connectivity index (χ4n) is 5.72. The van der Waals surface area contributed by atoms with Gasteiger partial charge in [-0.2, -0.15) is 0 Å². The fraction of sp³-hybridized carbons (Fsp3) is 0.385. The van der Waals surface area contributed by atoms with Gasteiger partial charge in [0.2, 0.25) is 0 Å². The Hall–Kier alpha value is -2.26. The third kappa shape index (κ3) is 3.54. The van der Waals surface area contributed by atoms with Crippen molar-refractivity contribution in [1.29, 1.82) is 0 Å². The summed E-state index contributed by atoms with van der Waals surface area (Å²) in [5, 5.41) is 1.63. The number of benzene rings is 2. The van der Waals surface area contributed by atoms with E-state index in [1.54, 1.807) is 12.1 Å². The predicted octanol–water partition coefficient (Wildman–Crippen LogP) is 6.89. The first-order valence-corrected chi connectivity index (χ1v) is 11.2. The summed E-state index contributed by atoms with van der Waals surface area (Å²) in [5.74, 6) is 0.755. The van der Waals surface area contributed by atoms with Crippen molar-refractivity contribution in [3.63, 3.8) is 0 Å². The van der Waals surface area contributed by atoms with Crippen molar-refractivity contribution < 1.29 is 9.18 Å². The Kier molecular flexibility index (Phi) is 5.10. The molecule has 1 unspecified atom stereocenters. The molecule has 0 radical (unpaired) electrons. The van der Waals surface area contributed by atoms with Crippen LogP contribution in [0.2, 0.25) is 5.02 Å². The monoisotopic (exact) mass is 421 g/mol. The van der Waals surface area contributed by atoms with E-state index in [0.29, 0.717) is 23.1 Å². The highest BCUT2D eigenvalue weighted by Gasteiger charge is 2.51. The lowest BCUT2D eigenvalue weighted by Gasteiger charge is -2.53. The summed E-state index contributed by atoms with van der Waals surface area (Å²) >= 11 is 5.97. The third-order valence-electron chi connectivity index (χ3n) is 7.51. The second kappa shape index (κ2) is 7.77. The molecule has 0 saturated heterocycles. The second-order valence-electron chi connectivity index (χ2n) is 9.06. The number of aromatic nitrogens is 1. The minimum absolute atomic E-state index is 0.175. The Morgan fingerprint density at radius 2 is 1.77 bits per heavy atom. The number of pyridine rings is 1. The van der Waals surface area contributed by atoms with E-state index in [4.69, 9.17) is 11.6 Å². The first-order valence-electron chi connectivity index (χ1n) is 10.9. The summed E-state index contributed by atoms with van der Waals surface area (Å²) in [5.41, 5.74) is 3.28. The zero-order valence-corrected chi connectivity index (χ0v) is 17.7. The second-order valence-corrected chi connectivity index (χ2v) is 9.50. The fourth-order valence-corrected chi connectivity index (χ4v) is 5.85. The van der Waals surface area contributed by atoms with E-state index in [1.807, 2.05) is 36.5 Å². The van der Waals surface area contributed by atoms with Crippen molar-refractivity contribution in [3.8, 4) is 0 Å². The SMILES string of the molecule is O=C(Cc1ccc(Cl)cc1)C1CCC12CCC(c1ccnc3ccc(F)cc13)CC2. The molecule has 2 aliphatic rings. The summed E-state index contributed by atoms with van der Waals surface area (Å²) in [6.07, 6.45) is 8.77. The van der Waals surface area contributed by atoms with Gasteiger partial charge in [-0.1, -0.05) is 23.7 Å². The van der Waals surface area contributed by atoms with Gasteiger partial charge in [-0.15, -0.1) is 0 Å². The molecule has 1 spiro atoms. The molecule has 2 aliphatic carbocycles. The highest BCUT2D eigenvalue weighted by molar-refractivity contribution is 6.30. The minimum Gasteiger partial charge on any atom is -0.299 e. The lowest BCUT2D eigenvalue weighted by Crippen LogP contribution is -2.47. The van der Waals surface area contributed by atoms with Gasteiger partial charge in [0, 0.05) is 28.9 Å². The molecular formula is C26H25ClFNO. The maximum Gasteiger partial charge on any atom is 0.140 e. The summed E-state index contributed by atoms with van der Waals surface area (Å²) < 4.78 is 13.8. The van der Waals surface area contributed by atoms with Gasteiger partial charge in [0.25, 0.3) is 0 Å². The van der Waals surface area contributed by atoms with Gasteiger partial charge in [0.15, 0.2) is 0 Å². The molecule has 154 valence electrons. The van der Waals surface area contributed by atoms with Crippen molar-refractivity contribution in [3.05, 3.63) is 76.7 Å². The highest BCUT2D eigenvalue weighted by Crippen LogP contribution is 2.58. The molecule has 0 N–H and O–H groups in total. The number of hydrogen-bond acceptors (Lipinski definition) is 2. The van der Waals surface area contributed by atoms with E-state index in [0.717, 1.165) is 55.0 Å². The zero-order chi connectivity index (χ0) is 20.7. The average Bonchev–Trinajstić information content (AvgIpc) is 2.74. The van der Waals surface area contributed by atoms with Crippen LogP contribution >= 0.6 is 11.6 Å². The Morgan fingerprint density at radius 3 is 2.47 bits per heavy atom. The van der Waals surface area contributed by atoms with Crippen molar-refractivity contribution in [2.75, 3.05) is 0 Å². The molecule has 4 heteroatoms. The standard InChI is InChI=1S/C26H25ClFNO/c27-19-3-1-17(2-4-19)15-25(30)23-9-13-26(23)11-7-18(8-12-26)21-10-14-29-24-6-5-20(28)16-22(21)24/h1-6,10,14,16,18,23H,7-9,11-13,15H2. The van der Waals surface area contributed by atoms with Crippen molar-refractivity contribution in [2.24, 2.45) is 11.3 Å². The highest BCUT2D eigenvalue weighted by atomic mass is 35.5. The van der Waals surface area contributed by atoms with Gasteiger partial charge in [-0.3, -0.25) is 9.78 Å². The molecule has 30 heavy (non-hydrogen) atoms. The van der Waals surface area contributed by atoms with Crippen LogP contribution in [-0.2, 0) is 11.2 Å². The van der Waals surface area contributed by atoms with E-state index in [-0.39, 0.29) is 17.2 Å². The summed E-state index contributed by atoms with van der Waals surface area (Å²) in [7, 11) is 0. The number of hydrogen-bond donors (Lipinski definition) is 0. The largest absolute Gasteiger partial charge is 0.299 e. The van der Waals surface area contributed by atoms with E-state index in [1.165, 1.54) is 11.6 Å². The smallest absolute Gasteiger partial charge is 0.140 e. The van der Waals surface area contributed by atoms with Crippen LogP contribution in [0.25, 0.3) is 10.9 Å². The predicted molar refractivity (Wildman–Crippen MR) is 118 cm³/mol. The third-order valence-corrected chi connectivity index (χ3v) is 7.76. The number of carbonyl (C=O) groups excluding carboxylic acids is 1. The normalized spacial score (nSPS) is 25.9. The van der Waals surface area contributed by atoms with Crippen LogP contribution < -0.4 is 0 Å². The van der Waals surface area contributed by atoms with Crippen LogP contribution in [-0.4, -0.2) is 10.8 Å². The van der Waals surface area contributed by atoms with Crippen LogP contribution in [0.3, 0.4) is 0 Å².